The summed E-state index contributed by atoms with van der Waals surface area (Å²) >= 11 is 0. The number of amides is 1. The summed E-state index contributed by atoms with van der Waals surface area (Å²) in [6.07, 6.45) is 0.701. The van der Waals surface area contributed by atoms with Crippen LogP contribution in [0.3, 0.4) is 0 Å². The normalized spacial score (nSPS) is 12.2. The van der Waals surface area contributed by atoms with Crippen molar-refractivity contribution in [3.8, 4) is 0 Å². The summed E-state index contributed by atoms with van der Waals surface area (Å²) in [5.74, 6) is 0.204. The van der Waals surface area contributed by atoms with Gasteiger partial charge in [0.1, 0.15) is 0 Å². The lowest BCUT2D eigenvalue weighted by Crippen LogP contribution is -2.28. The van der Waals surface area contributed by atoms with Crippen LogP contribution in [0.5, 0.6) is 0 Å². The molecule has 1 amide bonds. The summed E-state index contributed by atoms with van der Waals surface area (Å²) in [5.41, 5.74) is 1.69. The third-order valence-corrected chi connectivity index (χ3v) is 2.76. The Morgan fingerprint density at radius 1 is 1.39 bits per heavy atom. The average molecular weight is 251 g/mol. The highest BCUT2D eigenvalue weighted by molar-refractivity contribution is 5.94. The number of methoxy groups -OCH3 is 1. The fraction of sp³-hybridized carbons (Fsp3) is 0.500. The molecule has 0 radical (unpaired) electrons. The molecule has 0 aliphatic carbocycles. The largest absolute Gasteiger partial charge is 0.396 e. The first-order valence-electron chi connectivity index (χ1n) is 6.14. The zero-order valence-electron chi connectivity index (χ0n) is 11.0. The monoisotopic (exact) mass is 251 g/mol. The van der Waals surface area contributed by atoms with E-state index in [1.807, 2.05) is 19.1 Å². The van der Waals surface area contributed by atoms with Gasteiger partial charge in [0.25, 0.3) is 5.91 Å². The van der Waals surface area contributed by atoms with Crippen LogP contribution in [-0.4, -0.2) is 31.3 Å². The van der Waals surface area contributed by atoms with E-state index in [1.165, 1.54) is 0 Å². The first kappa shape index (κ1) is 14.7. The summed E-state index contributed by atoms with van der Waals surface area (Å²) in [5, 5.41) is 11.6. The number of aliphatic hydroxyl groups excluding tert-OH is 1. The van der Waals surface area contributed by atoms with E-state index in [4.69, 9.17) is 9.84 Å². The van der Waals surface area contributed by atoms with E-state index in [2.05, 4.69) is 5.32 Å². The van der Waals surface area contributed by atoms with Crippen molar-refractivity contribution >= 4 is 5.91 Å². The van der Waals surface area contributed by atoms with Gasteiger partial charge < -0.3 is 15.2 Å². The summed E-state index contributed by atoms with van der Waals surface area (Å²) < 4.78 is 5.01. The van der Waals surface area contributed by atoms with Crippen LogP contribution in [0, 0.1) is 5.92 Å². The Hall–Kier alpha value is -1.39. The van der Waals surface area contributed by atoms with Crippen LogP contribution in [0.15, 0.2) is 24.3 Å². The zero-order valence-corrected chi connectivity index (χ0v) is 11.0. The van der Waals surface area contributed by atoms with Crippen LogP contribution < -0.4 is 5.32 Å². The number of aliphatic hydroxyl groups is 1. The predicted molar refractivity (Wildman–Crippen MR) is 70.4 cm³/mol. The van der Waals surface area contributed by atoms with E-state index in [0.717, 1.165) is 5.56 Å². The molecule has 0 fully saturated rings. The van der Waals surface area contributed by atoms with Crippen LogP contribution in [-0.2, 0) is 11.3 Å². The highest BCUT2D eigenvalue weighted by Gasteiger charge is 2.07. The van der Waals surface area contributed by atoms with E-state index in [1.54, 1.807) is 19.2 Å². The van der Waals surface area contributed by atoms with Crippen molar-refractivity contribution in [3.05, 3.63) is 35.4 Å². The molecular formula is C14H21NO3. The Morgan fingerprint density at radius 3 is 2.61 bits per heavy atom. The van der Waals surface area contributed by atoms with Gasteiger partial charge in [-0.25, -0.2) is 0 Å². The average Bonchev–Trinajstić information content (AvgIpc) is 2.37. The Kier molecular flexibility index (Phi) is 6.39. The third kappa shape index (κ3) is 4.85. The zero-order chi connectivity index (χ0) is 13.4. The maximum atomic E-state index is 11.8. The number of carbonyl (C=O) groups is 1. The Labute approximate surface area is 108 Å². The SMILES string of the molecule is COCc1ccc(C(=O)NCC(C)CCO)cc1. The van der Waals surface area contributed by atoms with Gasteiger partial charge in [-0.3, -0.25) is 4.79 Å². The van der Waals surface area contributed by atoms with Gasteiger partial charge in [-0.15, -0.1) is 0 Å². The highest BCUT2D eigenvalue weighted by Crippen LogP contribution is 2.06. The smallest absolute Gasteiger partial charge is 0.251 e. The number of rotatable bonds is 7. The molecule has 4 nitrogen and oxygen atoms in total. The lowest BCUT2D eigenvalue weighted by molar-refractivity contribution is 0.0945. The highest BCUT2D eigenvalue weighted by atomic mass is 16.5. The molecule has 0 spiro atoms. The van der Waals surface area contributed by atoms with Crippen molar-refractivity contribution in [2.75, 3.05) is 20.3 Å². The fourth-order valence-electron chi connectivity index (χ4n) is 1.61. The molecular weight excluding hydrogens is 230 g/mol. The van der Waals surface area contributed by atoms with Crippen LogP contribution in [0.1, 0.15) is 29.3 Å². The standard InChI is InChI=1S/C14H21NO3/c1-11(7-8-16)9-15-14(17)13-5-3-12(4-6-13)10-18-2/h3-6,11,16H,7-10H2,1-2H3,(H,15,17). The second-order valence-corrected chi connectivity index (χ2v) is 4.46. The number of nitrogens with one attached hydrogen (secondary N) is 1. The maximum Gasteiger partial charge on any atom is 0.251 e. The summed E-state index contributed by atoms with van der Waals surface area (Å²) in [7, 11) is 1.64. The Bertz CT molecular complexity index is 362. The van der Waals surface area contributed by atoms with Crippen molar-refractivity contribution in [3.63, 3.8) is 0 Å². The fourth-order valence-corrected chi connectivity index (χ4v) is 1.61. The molecule has 0 aliphatic rings. The number of carbonyl (C=O) groups excluding carboxylic acids is 1. The van der Waals surface area contributed by atoms with Crippen LogP contribution in [0.25, 0.3) is 0 Å². The van der Waals surface area contributed by atoms with Gasteiger partial charge in [-0.2, -0.15) is 0 Å². The van der Waals surface area contributed by atoms with E-state index in [9.17, 15) is 4.79 Å². The van der Waals surface area contributed by atoms with Crippen molar-refractivity contribution in [1.29, 1.82) is 0 Å². The van der Waals surface area contributed by atoms with Gasteiger partial charge in [0.15, 0.2) is 0 Å². The van der Waals surface area contributed by atoms with Crippen LogP contribution in [0.2, 0.25) is 0 Å². The lowest BCUT2D eigenvalue weighted by atomic mass is 10.1. The van der Waals surface area contributed by atoms with Crippen molar-refractivity contribution in [2.24, 2.45) is 5.92 Å². The van der Waals surface area contributed by atoms with Crippen molar-refractivity contribution in [1.82, 2.24) is 5.32 Å². The predicted octanol–water partition coefficient (Wildman–Crippen LogP) is 1.58. The molecule has 1 aromatic carbocycles. The first-order chi connectivity index (χ1) is 8.67. The Morgan fingerprint density at radius 2 is 2.06 bits per heavy atom. The molecule has 0 heterocycles. The van der Waals surface area contributed by atoms with Crippen molar-refractivity contribution < 1.29 is 14.6 Å². The minimum absolute atomic E-state index is 0.0799. The summed E-state index contributed by atoms with van der Waals surface area (Å²) in [6.45, 7) is 3.29. The van der Waals surface area contributed by atoms with Crippen LogP contribution >= 0.6 is 0 Å². The van der Waals surface area contributed by atoms with E-state index in [-0.39, 0.29) is 18.4 Å². The molecule has 0 saturated carbocycles. The van der Waals surface area contributed by atoms with Gasteiger partial charge in [-0.1, -0.05) is 19.1 Å². The number of hydrogen-bond acceptors (Lipinski definition) is 3. The molecule has 0 aliphatic heterocycles. The maximum absolute atomic E-state index is 11.8. The molecule has 1 aromatic rings. The second kappa shape index (κ2) is 7.84. The quantitative estimate of drug-likeness (QED) is 0.773. The number of benzene rings is 1. The molecule has 0 saturated heterocycles. The topological polar surface area (TPSA) is 58.6 Å². The van der Waals surface area contributed by atoms with Gasteiger partial charge in [-0.05, 0) is 30.0 Å². The van der Waals surface area contributed by atoms with Crippen LogP contribution in [0.4, 0.5) is 0 Å². The molecule has 4 heteroatoms. The first-order valence-corrected chi connectivity index (χ1v) is 6.14. The summed E-state index contributed by atoms with van der Waals surface area (Å²) in [6, 6.07) is 7.35. The second-order valence-electron chi connectivity index (χ2n) is 4.46. The Balaban J connectivity index is 2.46. The van der Waals surface area contributed by atoms with Gasteiger partial charge in [0.2, 0.25) is 0 Å². The molecule has 2 N–H and O–H groups in total. The third-order valence-electron chi connectivity index (χ3n) is 2.76. The summed E-state index contributed by atoms with van der Waals surface area (Å²) in [4.78, 5) is 11.8. The number of hydrogen-bond donors (Lipinski definition) is 2. The lowest BCUT2D eigenvalue weighted by Gasteiger charge is -2.11. The van der Waals surface area contributed by atoms with Crippen molar-refractivity contribution in [2.45, 2.75) is 20.0 Å². The molecule has 0 aromatic heterocycles. The molecule has 1 rings (SSSR count). The number of ether oxygens (including phenoxy) is 1. The molecule has 0 bridgehead atoms. The minimum atomic E-state index is -0.0799. The van der Waals surface area contributed by atoms with Gasteiger partial charge >= 0.3 is 0 Å². The van der Waals surface area contributed by atoms with E-state index < -0.39 is 0 Å². The van der Waals surface area contributed by atoms with E-state index in [0.29, 0.717) is 25.1 Å². The van der Waals surface area contributed by atoms with Gasteiger partial charge in [0, 0.05) is 25.8 Å². The molecule has 18 heavy (non-hydrogen) atoms. The molecule has 1 unspecified atom stereocenters. The minimum Gasteiger partial charge on any atom is -0.396 e. The van der Waals surface area contributed by atoms with Gasteiger partial charge in [0.05, 0.1) is 6.61 Å². The van der Waals surface area contributed by atoms with E-state index >= 15 is 0 Å². The molecule has 1 atom stereocenters. The molecule has 100 valence electrons.